The van der Waals surface area contributed by atoms with Crippen molar-refractivity contribution in [3.8, 4) is 10.4 Å². The highest BCUT2D eigenvalue weighted by Gasteiger charge is 2.31. The Balaban J connectivity index is 1.51. The van der Waals surface area contributed by atoms with E-state index in [0.29, 0.717) is 18.7 Å². The highest BCUT2D eigenvalue weighted by atomic mass is 32.1. The normalized spacial score (nSPS) is 15.9. The van der Waals surface area contributed by atoms with Crippen molar-refractivity contribution in [2.75, 3.05) is 22.5 Å². The molecule has 2 heterocycles. The Kier molecular flexibility index (Phi) is 5.37. The molecule has 1 aliphatic rings. The van der Waals surface area contributed by atoms with Crippen LogP contribution < -0.4 is 16.0 Å². The van der Waals surface area contributed by atoms with Crippen LogP contribution in [0, 0.1) is 5.82 Å². The third kappa shape index (κ3) is 3.84. The number of hydrogen-bond donors (Lipinski definition) is 2. The van der Waals surface area contributed by atoms with E-state index in [-0.39, 0.29) is 22.6 Å². The molecular weight excluding hydrogens is 407 g/mol. The van der Waals surface area contributed by atoms with Gasteiger partial charge in [0.1, 0.15) is 17.7 Å². The van der Waals surface area contributed by atoms with Gasteiger partial charge in [-0.2, -0.15) is 0 Å². The molecule has 1 atom stereocenters. The number of nitrogens with two attached hydrogens (primary N) is 1. The molecule has 30 heavy (non-hydrogen) atoms. The summed E-state index contributed by atoms with van der Waals surface area (Å²) in [7, 11) is 0. The van der Waals surface area contributed by atoms with Crippen molar-refractivity contribution in [1.29, 1.82) is 0 Å². The molecule has 1 aliphatic heterocycles. The summed E-state index contributed by atoms with van der Waals surface area (Å²) in [5.41, 5.74) is 7.03. The Morgan fingerprint density at radius 2 is 2.10 bits per heavy atom. The summed E-state index contributed by atoms with van der Waals surface area (Å²) < 4.78 is 19.8. The number of cyclic esters (lactones) is 1. The van der Waals surface area contributed by atoms with Gasteiger partial charge in [0.2, 0.25) is 0 Å². The minimum atomic E-state index is -0.745. The number of benzene rings is 2. The maximum atomic E-state index is 14.6. The molecule has 9 heteroatoms. The topological polar surface area (TPSA) is 97.5 Å². The summed E-state index contributed by atoms with van der Waals surface area (Å²) in [4.78, 5) is 30.7. The molecule has 1 fully saturated rings. The fourth-order valence-electron chi connectivity index (χ4n) is 3.15. The molecule has 3 aromatic rings. The first kappa shape index (κ1) is 19.8. The van der Waals surface area contributed by atoms with E-state index in [1.807, 2.05) is 37.3 Å². The highest BCUT2D eigenvalue weighted by Crippen LogP contribution is 2.35. The number of carbonyl (C=O) groups is 2. The number of nitrogen functional groups attached to an aromatic ring is 1. The van der Waals surface area contributed by atoms with Gasteiger partial charge in [0, 0.05) is 0 Å². The van der Waals surface area contributed by atoms with Crippen LogP contribution in [-0.4, -0.2) is 29.6 Å². The Bertz CT molecular complexity index is 1100. The molecule has 0 unspecified atom stereocenters. The summed E-state index contributed by atoms with van der Waals surface area (Å²) >= 11 is 1.21. The monoisotopic (exact) mass is 426 g/mol. The Hall–Kier alpha value is -3.46. The van der Waals surface area contributed by atoms with E-state index in [1.54, 1.807) is 0 Å². The van der Waals surface area contributed by atoms with E-state index in [1.165, 1.54) is 28.4 Å². The van der Waals surface area contributed by atoms with Gasteiger partial charge in [0.05, 0.1) is 22.7 Å². The molecule has 0 aliphatic carbocycles. The second-order valence-electron chi connectivity index (χ2n) is 6.74. The number of thiazole rings is 1. The second-order valence-corrected chi connectivity index (χ2v) is 7.74. The van der Waals surface area contributed by atoms with Gasteiger partial charge in [-0.1, -0.05) is 48.6 Å². The lowest BCUT2D eigenvalue weighted by Gasteiger charge is -2.14. The maximum absolute atomic E-state index is 14.6. The van der Waals surface area contributed by atoms with Gasteiger partial charge in [-0.25, -0.2) is 14.2 Å². The molecule has 154 valence electrons. The number of ether oxygens (including phenoxy) is 1. The zero-order valence-corrected chi connectivity index (χ0v) is 16.9. The van der Waals surface area contributed by atoms with Crippen molar-refractivity contribution >= 4 is 40.0 Å². The van der Waals surface area contributed by atoms with E-state index in [2.05, 4.69) is 10.3 Å². The zero-order chi connectivity index (χ0) is 21.3. The maximum Gasteiger partial charge on any atom is 0.414 e. The number of anilines is 3. The minimum absolute atomic E-state index is 0.159. The molecule has 7 nitrogen and oxygen atoms in total. The summed E-state index contributed by atoms with van der Waals surface area (Å²) in [6.07, 6.45) is -0.0736. The number of amides is 2. The average molecular weight is 426 g/mol. The van der Waals surface area contributed by atoms with Crippen molar-refractivity contribution in [1.82, 2.24) is 4.98 Å². The van der Waals surface area contributed by atoms with Crippen LogP contribution in [0.15, 0.2) is 48.5 Å². The van der Waals surface area contributed by atoms with Crippen LogP contribution in [0.2, 0.25) is 0 Å². The summed E-state index contributed by atoms with van der Waals surface area (Å²) in [6.45, 7) is 2.25. The van der Waals surface area contributed by atoms with Crippen LogP contribution in [-0.2, 0) is 4.74 Å². The van der Waals surface area contributed by atoms with Gasteiger partial charge < -0.3 is 10.5 Å². The van der Waals surface area contributed by atoms with Crippen molar-refractivity contribution in [2.45, 2.75) is 19.4 Å². The van der Waals surface area contributed by atoms with Crippen molar-refractivity contribution in [3.05, 3.63) is 59.9 Å². The standard InChI is InChI=1S/C21H19FN4O3S/c1-2-14-11-26(21(28)29-14)13-8-9-15(16(22)10-13)19(27)25-20-24-18(23)17(30-20)12-6-4-3-5-7-12/h3-10,14H,2,11,23H2,1H3,(H,24,25,27)/t14-/m0/s1. The van der Waals surface area contributed by atoms with Gasteiger partial charge in [0.15, 0.2) is 5.13 Å². The minimum Gasteiger partial charge on any atom is -0.444 e. The van der Waals surface area contributed by atoms with Crippen molar-refractivity contribution in [3.63, 3.8) is 0 Å². The molecule has 0 bridgehead atoms. The molecule has 2 aromatic carbocycles. The van der Waals surface area contributed by atoms with Crippen LogP contribution in [0.1, 0.15) is 23.7 Å². The number of rotatable bonds is 5. The van der Waals surface area contributed by atoms with E-state index >= 15 is 0 Å². The summed E-state index contributed by atoms with van der Waals surface area (Å²) in [5.74, 6) is -1.11. The third-order valence-corrected chi connectivity index (χ3v) is 5.78. The van der Waals surface area contributed by atoms with E-state index in [4.69, 9.17) is 10.5 Å². The van der Waals surface area contributed by atoms with Gasteiger partial charge in [-0.3, -0.25) is 15.0 Å². The second kappa shape index (κ2) is 8.11. The van der Waals surface area contributed by atoms with Gasteiger partial charge >= 0.3 is 6.09 Å². The zero-order valence-electron chi connectivity index (χ0n) is 16.1. The fourth-order valence-corrected chi connectivity index (χ4v) is 4.03. The first-order valence-corrected chi connectivity index (χ1v) is 10.2. The van der Waals surface area contributed by atoms with Crippen LogP contribution in [0.3, 0.4) is 0 Å². The predicted molar refractivity (Wildman–Crippen MR) is 114 cm³/mol. The van der Waals surface area contributed by atoms with Crippen LogP contribution in [0.4, 0.5) is 25.8 Å². The number of nitrogens with zero attached hydrogens (tertiary/aromatic N) is 2. The summed E-state index contributed by atoms with van der Waals surface area (Å²) in [6, 6.07) is 13.4. The molecule has 0 radical (unpaired) electrons. The molecule has 0 spiro atoms. The highest BCUT2D eigenvalue weighted by molar-refractivity contribution is 7.19. The van der Waals surface area contributed by atoms with Crippen LogP contribution >= 0.6 is 11.3 Å². The fraction of sp³-hybridized carbons (Fsp3) is 0.190. The predicted octanol–water partition coefficient (Wildman–Crippen LogP) is 4.52. The Morgan fingerprint density at radius 3 is 2.77 bits per heavy atom. The number of halogens is 1. The number of carbonyl (C=O) groups excluding carboxylic acids is 2. The lowest BCUT2D eigenvalue weighted by atomic mass is 10.1. The largest absolute Gasteiger partial charge is 0.444 e. The summed E-state index contributed by atoms with van der Waals surface area (Å²) in [5, 5.41) is 2.86. The quantitative estimate of drug-likeness (QED) is 0.625. The van der Waals surface area contributed by atoms with E-state index in [9.17, 15) is 14.0 Å². The van der Waals surface area contributed by atoms with Gasteiger partial charge in [-0.05, 0) is 30.2 Å². The number of nitrogens with one attached hydrogen (secondary N) is 1. The molecular formula is C21H19FN4O3S. The average Bonchev–Trinajstić information content (AvgIpc) is 3.30. The lowest BCUT2D eigenvalue weighted by molar-refractivity contribution is 0.102. The van der Waals surface area contributed by atoms with E-state index in [0.717, 1.165) is 16.5 Å². The molecule has 1 aromatic heterocycles. The Labute approximate surface area is 176 Å². The van der Waals surface area contributed by atoms with E-state index < -0.39 is 17.8 Å². The van der Waals surface area contributed by atoms with Crippen molar-refractivity contribution < 1.29 is 18.7 Å². The first-order chi connectivity index (χ1) is 14.5. The lowest BCUT2D eigenvalue weighted by Crippen LogP contribution is -2.25. The molecule has 0 saturated carbocycles. The molecule has 2 amide bonds. The van der Waals surface area contributed by atoms with Crippen LogP contribution in [0.5, 0.6) is 0 Å². The van der Waals surface area contributed by atoms with Gasteiger partial charge in [-0.15, -0.1) is 0 Å². The first-order valence-electron chi connectivity index (χ1n) is 9.37. The molecule has 1 saturated heterocycles. The number of aromatic nitrogens is 1. The van der Waals surface area contributed by atoms with Crippen LogP contribution in [0.25, 0.3) is 10.4 Å². The van der Waals surface area contributed by atoms with Gasteiger partial charge in [0.25, 0.3) is 5.91 Å². The smallest absolute Gasteiger partial charge is 0.414 e. The van der Waals surface area contributed by atoms with Crippen molar-refractivity contribution in [2.24, 2.45) is 0 Å². The molecule has 4 rings (SSSR count). The Morgan fingerprint density at radius 1 is 1.33 bits per heavy atom. The molecule has 3 N–H and O–H groups in total. The number of hydrogen-bond acceptors (Lipinski definition) is 6. The third-order valence-electron chi connectivity index (χ3n) is 4.75. The SMILES string of the molecule is CC[C@H]1CN(c2ccc(C(=O)Nc3nc(N)c(-c4ccccc4)s3)c(F)c2)C(=O)O1.